The van der Waals surface area contributed by atoms with Gasteiger partial charge in [0, 0.05) is 44.6 Å². The van der Waals surface area contributed by atoms with Gasteiger partial charge in [0.2, 0.25) is 10.0 Å². The van der Waals surface area contributed by atoms with E-state index in [0.29, 0.717) is 32.0 Å². The quantitative estimate of drug-likeness (QED) is 0.221. The van der Waals surface area contributed by atoms with E-state index in [2.05, 4.69) is 26.6 Å². The lowest BCUT2D eigenvalue weighted by molar-refractivity contribution is 0.151. The molecule has 47 heavy (non-hydrogen) atoms. The minimum atomic E-state index is -3.82. The topological polar surface area (TPSA) is 95.4 Å². The number of benzene rings is 3. The van der Waals surface area contributed by atoms with Crippen molar-refractivity contribution in [3.8, 4) is 23.3 Å². The van der Waals surface area contributed by atoms with Crippen molar-refractivity contribution in [3.63, 3.8) is 0 Å². The van der Waals surface area contributed by atoms with E-state index in [1.165, 1.54) is 10.5 Å². The molecule has 2 aliphatic rings. The second kappa shape index (κ2) is 13.7. The van der Waals surface area contributed by atoms with E-state index in [1.807, 2.05) is 72.8 Å². The summed E-state index contributed by atoms with van der Waals surface area (Å²) in [6.07, 6.45) is 3.02. The Balaban J connectivity index is 1.20. The zero-order valence-electron chi connectivity index (χ0n) is 27.0. The molecule has 0 spiro atoms. The predicted octanol–water partition coefficient (Wildman–Crippen LogP) is 5.19. The van der Waals surface area contributed by atoms with Crippen LogP contribution in [0.2, 0.25) is 0 Å². The highest BCUT2D eigenvalue weighted by Gasteiger charge is 2.42. The number of ether oxygens (including phenoxy) is 2. The molecule has 6 rings (SSSR count). The molecule has 0 amide bonds. The van der Waals surface area contributed by atoms with Crippen molar-refractivity contribution in [1.29, 1.82) is 0 Å². The van der Waals surface area contributed by atoms with Gasteiger partial charge in [-0.1, -0.05) is 42.3 Å². The first-order valence-corrected chi connectivity index (χ1v) is 17.2. The fourth-order valence-corrected chi connectivity index (χ4v) is 7.31. The van der Waals surface area contributed by atoms with E-state index in [4.69, 9.17) is 9.47 Å². The van der Waals surface area contributed by atoms with Crippen LogP contribution in [0.15, 0.2) is 96.0 Å². The molecular weight excluding hydrogens is 612 g/mol. The molecule has 1 saturated heterocycles. The van der Waals surface area contributed by atoms with Crippen LogP contribution in [-0.4, -0.2) is 62.7 Å². The normalized spacial score (nSPS) is 17.4. The monoisotopic (exact) mass is 652 g/mol. The van der Waals surface area contributed by atoms with Gasteiger partial charge >= 0.3 is 0 Å². The standard InChI is InChI=1S/C37H40N4O5S/c1-4-5-32-27-40(22-23-41(32)31-12-10-30(11-13-31)37(42)20-21-37)47(43,44)35-18-19-36(38-24-35)39(25-28-6-14-33(45-2)15-7-28)26-29-8-16-34(46-3)17-9-29/h6-19,24,32,42H,20-23,25-27H2,1-3H3/t32-/m0/s1. The Morgan fingerprint density at radius 2 is 1.47 bits per heavy atom. The van der Waals surface area contributed by atoms with Crippen molar-refractivity contribution in [2.24, 2.45) is 0 Å². The van der Waals surface area contributed by atoms with Crippen LogP contribution in [0.4, 0.5) is 11.5 Å². The summed E-state index contributed by atoms with van der Waals surface area (Å²) < 4.78 is 39.9. The van der Waals surface area contributed by atoms with E-state index in [-0.39, 0.29) is 17.5 Å². The molecular formula is C37H40N4O5S. The lowest BCUT2D eigenvalue weighted by Crippen LogP contribution is -2.54. The van der Waals surface area contributed by atoms with Crippen molar-refractivity contribution in [2.75, 3.05) is 43.7 Å². The predicted molar refractivity (Wildman–Crippen MR) is 183 cm³/mol. The average Bonchev–Trinajstić information content (AvgIpc) is 3.87. The zero-order chi connectivity index (χ0) is 33.0. The maximum Gasteiger partial charge on any atom is 0.244 e. The molecule has 0 radical (unpaired) electrons. The van der Waals surface area contributed by atoms with Crippen molar-refractivity contribution >= 4 is 21.5 Å². The van der Waals surface area contributed by atoms with Gasteiger partial charge in [-0.3, -0.25) is 0 Å². The SMILES string of the molecule is CC#C[C@H]1CN(S(=O)(=O)c2ccc(N(Cc3ccc(OC)cc3)Cc3ccc(OC)cc3)nc2)CCN1c1ccc(C2(O)CC2)cc1. The molecule has 0 unspecified atom stereocenters. The first-order chi connectivity index (χ1) is 22.7. The minimum absolute atomic E-state index is 0.147. The molecule has 1 aromatic heterocycles. The maximum absolute atomic E-state index is 13.9. The number of rotatable bonds is 11. The highest BCUT2D eigenvalue weighted by molar-refractivity contribution is 7.89. The van der Waals surface area contributed by atoms with E-state index < -0.39 is 15.6 Å². The van der Waals surface area contributed by atoms with Gasteiger partial charge in [-0.15, -0.1) is 5.92 Å². The Bertz CT molecular complexity index is 1780. The van der Waals surface area contributed by atoms with E-state index in [9.17, 15) is 13.5 Å². The van der Waals surface area contributed by atoms with Crippen LogP contribution in [0.1, 0.15) is 36.5 Å². The van der Waals surface area contributed by atoms with Gasteiger partial charge in [0.05, 0.1) is 19.8 Å². The van der Waals surface area contributed by atoms with Gasteiger partial charge in [0.15, 0.2) is 0 Å². The Morgan fingerprint density at radius 3 is 1.96 bits per heavy atom. The molecule has 1 saturated carbocycles. The summed E-state index contributed by atoms with van der Waals surface area (Å²) in [5.74, 6) is 8.41. The summed E-state index contributed by atoms with van der Waals surface area (Å²) in [6.45, 7) is 3.94. The van der Waals surface area contributed by atoms with Crippen molar-refractivity contribution in [3.05, 3.63) is 108 Å². The third-order valence-corrected chi connectivity index (χ3v) is 10.7. The van der Waals surface area contributed by atoms with Crippen LogP contribution in [0.25, 0.3) is 0 Å². The van der Waals surface area contributed by atoms with Gasteiger partial charge < -0.3 is 24.4 Å². The molecule has 2 fully saturated rings. The number of hydrogen-bond acceptors (Lipinski definition) is 8. The fraction of sp³-hybridized carbons (Fsp3) is 0.324. The van der Waals surface area contributed by atoms with Crippen molar-refractivity contribution in [1.82, 2.24) is 9.29 Å². The van der Waals surface area contributed by atoms with E-state index in [1.54, 1.807) is 33.3 Å². The summed E-state index contributed by atoms with van der Waals surface area (Å²) in [4.78, 5) is 9.06. The number of piperazine rings is 1. The maximum atomic E-state index is 13.9. The Labute approximate surface area is 277 Å². The smallest absolute Gasteiger partial charge is 0.244 e. The number of pyridine rings is 1. The van der Waals surface area contributed by atoms with Crippen LogP contribution in [0, 0.1) is 11.8 Å². The Hall–Kier alpha value is -4.56. The summed E-state index contributed by atoms with van der Waals surface area (Å²) in [5.41, 5.74) is 3.32. The number of aromatic nitrogens is 1. The summed E-state index contributed by atoms with van der Waals surface area (Å²) in [5, 5.41) is 10.5. The molecule has 1 atom stereocenters. The minimum Gasteiger partial charge on any atom is -0.497 e. The van der Waals surface area contributed by atoms with Crippen LogP contribution in [-0.2, 0) is 28.7 Å². The molecule has 2 heterocycles. The van der Waals surface area contributed by atoms with Gasteiger partial charge in [-0.25, -0.2) is 13.4 Å². The van der Waals surface area contributed by atoms with Crippen molar-refractivity contribution in [2.45, 2.75) is 49.4 Å². The number of methoxy groups -OCH3 is 2. The average molecular weight is 653 g/mol. The molecule has 1 N–H and O–H groups in total. The highest BCUT2D eigenvalue weighted by atomic mass is 32.2. The van der Waals surface area contributed by atoms with E-state index >= 15 is 0 Å². The molecule has 1 aliphatic heterocycles. The second-order valence-electron chi connectivity index (χ2n) is 11.9. The van der Waals surface area contributed by atoms with Crippen molar-refractivity contribution < 1.29 is 23.0 Å². The Kier molecular flexibility index (Phi) is 9.41. The summed E-state index contributed by atoms with van der Waals surface area (Å²) in [6, 6.07) is 26.8. The number of nitrogens with zero attached hydrogens (tertiary/aromatic N) is 4. The molecule has 4 aromatic rings. The molecule has 3 aromatic carbocycles. The number of hydrogen-bond donors (Lipinski definition) is 1. The first-order valence-electron chi connectivity index (χ1n) is 15.7. The molecule has 244 valence electrons. The first kappa shape index (κ1) is 32.4. The number of aliphatic hydroxyl groups is 1. The lowest BCUT2D eigenvalue weighted by Gasteiger charge is -2.40. The van der Waals surface area contributed by atoms with Gasteiger partial charge in [0.1, 0.15) is 28.3 Å². The van der Waals surface area contributed by atoms with Crippen LogP contribution in [0.5, 0.6) is 11.5 Å². The number of sulfonamides is 1. The second-order valence-corrected chi connectivity index (χ2v) is 13.9. The molecule has 10 heteroatoms. The molecule has 9 nitrogen and oxygen atoms in total. The summed E-state index contributed by atoms with van der Waals surface area (Å²) in [7, 11) is -0.534. The van der Waals surface area contributed by atoms with Crippen LogP contribution in [0.3, 0.4) is 0 Å². The largest absolute Gasteiger partial charge is 0.497 e. The lowest BCUT2D eigenvalue weighted by atomic mass is 10.1. The third-order valence-electron chi connectivity index (χ3n) is 8.86. The van der Waals surface area contributed by atoms with Gasteiger partial charge in [-0.05, 0) is 85.0 Å². The molecule has 1 aliphatic carbocycles. The summed E-state index contributed by atoms with van der Waals surface area (Å²) >= 11 is 0. The van der Waals surface area contributed by atoms with E-state index in [0.717, 1.165) is 46.7 Å². The highest BCUT2D eigenvalue weighted by Crippen LogP contribution is 2.45. The fourth-order valence-electron chi connectivity index (χ4n) is 5.93. The van der Waals surface area contributed by atoms with Crippen LogP contribution < -0.4 is 19.3 Å². The zero-order valence-corrected chi connectivity index (χ0v) is 27.8. The Morgan fingerprint density at radius 1 is 0.872 bits per heavy atom. The third kappa shape index (κ3) is 7.23. The number of anilines is 2. The molecule has 0 bridgehead atoms. The van der Waals surface area contributed by atoms with Gasteiger partial charge in [0.25, 0.3) is 0 Å². The van der Waals surface area contributed by atoms with Crippen LogP contribution >= 0.6 is 0 Å². The van der Waals surface area contributed by atoms with Gasteiger partial charge in [-0.2, -0.15) is 4.31 Å².